The van der Waals surface area contributed by atoms with Crippen LogP contribution in [0, 0.1) is 14.9 Å². The van der Waals surface area contributed by atoms with Crippen LogP contribution in [0.25, 0.3) is 21.5 Å². The third-order valence-corrected chi connectivity index (χ3v) is 2.52. The van der Waals surface area contributed by atoms with Crippen molar-refractivity contribution >= 4 is 21.5 Å². The average Bonchev–Trinajstić information content (AvgIpc) is 2.56. The quantitative estimate of drug-likeness (QED) is 0.529. The summed E-state index contributed by atoms with van der Waals surface area (Å²) in [5, 5.41) is 5.39. The van der Waals surface area contributed by atoms with Crippen LogP contribution in [0.1, 0.15) is 0 Å². The van der Waals surface area contributed by atoms with Crippen molar-refractivity contribution in [3.63, 3.8) is 0 Å². The van der Waals surface area contributed by atoms with E-state index in [1.54, 1.807) is 0 Å². The Morgan fingerprint density at radius 3 is 1.44 bits per heavy atom. The van der Waals surface area contributed by atoms with Crippen molar-refractivity contribution in [2.24, 2.45) is 0 Å². The Kier molecular flexibility index (Phi) is 5.75. The normalized spacial score (nSPS) is 9.00. The van der Waals surface area contributed by atoms with E-state index in [1.165, 1.54) is 21.5 Å². The van der Waals surface area contributed by atoms with Gasteiger partial charge in [0.1, 0.15) is 0 Å². The van der Waals surface area contributed by atoms with Crippen molar-refractivity contribution in [3.8, 4) is 0 Å². The van der Waals surface area contributed by atoms with Gasteiger partial charge in [0.25, 0.3) is 0 Å². The van der Waals surface area contributed by atoms with Crippen molar-refractivity contribution in [1.29, 1.82) is 0 Å². The molecule has 3 rings (SSSR count). The van der Waals surface area contributed by atoms with Crippen LogP contribution in [0.3, 0.4) is 0 Å². The van der Waals surface area contributed by atoms with Gasteiger partial charge in [0, 0.05) is 0 Å². The molecule has 0 fully saturated rings. The summed E-state index contributed by atoms with van der Waals surface area (Å²) < 4.78 is 0. The largest absolute Gasteiger partial charge is 3.00 e. The zero-order valence-corrected chi connectivity index (χ0v) is 12.2. The molecule has 1 radical (unpaired) electrons. The summed E-state index contributed by atoms with van der Waals surface area (Å²) in [4.78, 5) is 0. The van der Waals surface area contributed by atoms with Gasteiger partial charge in [0.15, 0.2) is 0 Å². The minimum atomic E-state index is 0. The molecule has 0 atom stereocenters. The summed E-state index contributed by atoms with van der Waals surface area (Å²) in [6.45, 7) is 0. The van der Waals surface area contributed by atoms with Gasteiger partial charge in [-0.1, -0.05) is 36.4 Å². The van der Waals surface area contributed by atoms with Crippen LogP contribution in [-0.2, 0) is 26.2 Å². The van der Waals surface area contributed by atoms with E-state index >= 15 is 0 Å². The van der Waals surface area contributed by atoms with Gasteiger partial charge >= 0.3 is 26.2 Å². The van der Waals surface area contributed by atoms with Gasteiger partial charge in [-0.3, -0.25) is 0 Å². The fourth-order valence-corrected chi connectivity index (χ4v) is 1.90. The second kappa shape index (κ2) is 6.06. The molecule has 0 unspecified atom stereocenters. The third-order valence-electron chi connectivity index (χ3n) is 2.52. The molecule has 0 nitrogen and oxygen atoms in total. The maximum absolute atomic E-state index is 2.24. The number of benzene rings is 2. The van der Waals surface area contributed by atoms with Crippen molar-refractivity contribution in [1.82, 2.24) is 0 Å². The molecule has 0 aromatic heterocycles. The molecule has 0 N–H and O–H groups in total. The smallest absolute Gasteiger partial charge is 0.358 e. The van der Waals surface area contributed by atoms with E-state index in [0.29, 0.717) is 0 Å². The standard InChI is InChI=1S/C13H9.2CH3.Zr/c1-3-7-12-10(5-1)9-11-6-2-4-8-13(11)12;;;/h1-9H;2*1H3;/q3*-1;+3. The maximum atomic E-state index is 2.24. The van der Waals surface area contributed by atoms with Crippen LogP contribution in [0.4, 0.5) is 0 Å². The maximum Gasteiger partial charge on any atom is 3.00 e. The van der Waals surface area contributed by atoms with Crippen molar-refractivity contribution in [2.75, 3.05) is 0 Å². The number of fused-ring (bicyclic) bond motifs is 3. The zero-order chi connectivity index (χ0) is 8.67. The first-order valence-electron chi connectivity index (χ1n) is 4.48. The van der Waals surface area contributed by atoms with E-state index in [-0.39, 0.29) is 41.1 Å². The Labute approximate surface area is 117 Å². The first-order valence-corrected chi connectivity index (χ1v) is 4.48. The topological polar surface area (TPSA) is 0 Å². The molecule has 0 aliphatic heterocycles. The molecule has 0 bridgehead atoms. The number of rotatable bonds is 0. The predicted octanol–water partition coefficient (Wildman–Crippen LogP) is 4.61. The molecule has 0 saturated carbocycles. The molecule has 0 amide bonds. The minimum Gasteiger partial charge on any atom is -0.358 e. The van der Waals surface area contributed by atoms with Crippen LogP contribution < -0.4 is 0 Å². The summed E-state index contributed by atoms with van der Waals surface area (Å²) >= 11 is 0. The van der Waals surface area contributed by atoms with Crippen molar-refractivity contribution < 1.29 is 26.2 Å². The first-order chi connectivity index (χ1) is 6.45. The van der Waals surface area contributed by atoms with Crippen LogP contribution in [0.5, 0.6) is 0 Å². The van der Waals surface area contributed by atoms with Crippen LogP contribution in [0.15, 0.2) is 54.6 Å². The van der Waals surface area contributed by atoms with Gasteiger partial charge in [0.2, 0.25) is 0 Å². The second-order valence-electron chi connectivity index (χ2n) is 3.32. The van der Waals surface area contributed by atoms with Crippen molar-refractivity contribution in [3.05, 3.63) is 69.5 Å². The van der Waals surface area contributed by atoms with E-state index < -0.39 is 0 Å². The molecule has 1 heteroatoms. The van der Waals surface area contributed by atoms with Gasteiger partial charge in [0.05, 0.1) is 0 Å². The summed E-state index contributed by atoms with van der Waals surface area (Å²) in [5.74, 6) is 0. The Hall–Kier alpha value is -0.807. The van der Waals surface area contributed by atoms with E-state index in [4.69, 9.17) is 0 Å². The first kappa shape index (κ1) is 15.2. The van der Waals surface area contributed by atoms with Gasteiger partial charge in [-0.2, -0.15) is 0 Å². The number of hydrogen-bond donors (Lipinski definition) is 0. The van der Waals surface area contributed by atoms with Gasteiger partial charge in [-0.05, 0) is 0 Å². The van der Waals surface area contributed by atoms with E-state index in [9.17, 15) is 0 Å². The van der Waals surface area contributed by atoms with Crippen LogP contribution in [-0.4, -0.2) is 0 Å². The van der Waals surface area contributed by atoms with E-state index in [2.05, 4.69) is 54.6 Å². The average molecular weight is 287 g/mol. The van der Waals surface area contributed by atoms with Gasteiger partial charge in [-0.15, -0.1) is 39.7 Å². The predicted molar refractivity (Wildman–Crippen MR) is 69.9 cm³/mol. The molecule has 3 aromatic carbocycles. The Bertz CT molecular complexity index is 513. The molecule has 0 heterocycles. The summed E-state index contributed by atoms with van der Waals surface area (Å²) in [6.07, 6.45) is 0. The minimum absolute atomic E-state index is 0. The summed E-state index contributed by atoms with van der Waals surface area (Å²) in [5.41, 5.74) is 0. The molecular formula is C15H15Zr. The SMILES string of the molecule is [CH3-].[CH3-].[Zr+3].c1ccc2c(c1)[cH-]c1ccccc12. The second-order valence-corrected chi connectivity index (χ2v) is 3.32. The monoisotopic (exact) mass is 285 g/mol. The van der Waals surface area contributed by atoms with Gasteiger partial charge in [-0.25, -0.2) is 0 Å². The third kappa shape index (κ3) is 2.30. The molecular weight excluding hydrogens is 271 g/mol. The Morgan fingerprint density at radius 2 is 1.00 bits per heavy atom. The van der Waals surface area contributed by atoms with Crippen LogP contribution >= 0.6 is 0 Å². The fraction of sp³-hybridized carbons (Fsp3) is 0. The number of hydrogen-bond acceptors (Lipinski definition) is 0. The van der Waals surface area contributed by atoms with Crippen molar-refractivity contribution in [2.45, 2.75) is 0 Å². The molecule has 0 spiro atoms. The molecule has 0 aliphatic carbocycles. The fourth-order valence-electron chi connectivity index (χ4n) is 1.90. The van der Waals surface area contributed by atoms with Crippen LogP contribution in [0.2, 0.25) is 0 Å². The Balaban J connectivity index is 0.000000750. The Morgan fingerprint density at radius 1 is 0.625 bits per heavy atom. The molecule has 16 heavy (non-hydrogen) atoms. The zero-order valence-electron chi connectivity index (χ0n) is 9.70. The summed E-state index contributed by atoms with van der Waals surface area (Å²) in [7, 11) is 0. The van der Waals surface area contributed by atoms with Gasteiger partial charge < -0.3 is 14.9 Å². The molecule has 0 saturated heterocycles. The summed E-state index contributed by atoms with van der Waals surface area (Å²) in [6, 6.07) is 19.3. The molecule has 0 aliphatic rings. The molecule has 3 aromatic rings. The van der Waals surface area contributed by atoms with E-state index in [0.717, 1.165) is 0 Å². The molecule has 79 valence electrons. The van der Waals surface area contributed by atoms with E-state index in [1.807, 2.05) is 0 Å².